The number of carbonyl (C=O) groups excluding carboxylic acids is 1. The molecule has 0 aliphatic carbocycles. The van der Waals surface area contributed by atoms with Gasteiger partial charge in [0.2, 0.25) is 0 Å². The van der Waals surface area contributed by atoms with Gasteiger partial charge in [-0.15, -0.1) is 0 Å². The van der Waals surface area contributed by atoms with Crippen LogP contribution in [0, 0.1) is 0 Å². The molecule has 0 fully saturated rings. The fourth-order valence-corrected chi connectivity index (χ4v) is 0.131. The molecule has 0 rings (SSSR count). The van der Waals surface area contributed by atoms with Crippen LogP contribution in [0.2, 0.25) is 0 Å². The normalized spacial score (nSPS) is 8.17. The average molecular weight is 88.1 g/mol. The van der Waals surface area contributed by atoms with E-state index in [2.05, 4.69) is 4.74 Å². The van der Waals surface area contributed by atoms with Crippen LogP contribution in [-0.2, 0) is 9.53 Å². The topological polar surface area (TPSA) is 50.1 Å². The first-order valence-corrected chi connectivity index (χ1v) is 1.50. The molecule has 0 unspecified atom stereocenters. The second kappa shape index (κ2) is 2.66. The van der Waals surface area contributed by atoms with Gasteiger partial charge in [0, 0.05) is 7.11 Å². The Morgan fingerprint density at radius 3 is 2.50 bits per heavy atom. The van der Waals surface area contributed by atoms with Gasteiger partial charge in [0.25, 0.3) is 5.91 Å². The quantitative estimate of drug-likeness (QED) is 0.454. The van der Waals surface area contributed by atoms with Crippen LogP contribution in [0.25, 0.3) is 0 Å². The molecule has 0 aromatic rings. The second-order valence-electron chi connectivity index (χ2n) is 0.856. The fraction of sp³-hybridized carbons (Fsp3) is 0.667. The summed E-state index contributed by atoms with van der Waals surface area (Å²) in [6, 6.07) is 0. The van der Waals surface area contributed by atoms with E-state index in [-0.39, 0.29) is 6.61 Å². The predicted octanol–water partition coefficient (Wildman–Crippen LogP) is -0.558. The summed E-state index contributed by atoms with van der Waals surface area (Å²) in [7, 11) is 1.38. The molecule has 0 heterocycles. The minimum absolute atomic E-state index is 0.0972. The van der Waals surface area contributed by atoms with Gasteiger partial charge in [0.1, 0.15) is 6.61 Å². The summed E-state index contributed by atoms with van der Waals surface area (Å²) in [5.41, 5.74) is 6.21. The van der Waals surface area contributed by atoms with Gasteiger partial charge in [-0.2, -0.15) is 0 Å². The molecular weight excluding hydrogens is 82.0 g/mol. The second-order valence-corrected chi connectivity index (χ2v) is 0.856. The van der Waals surface area contributed by atoms with E-state index < -0.39 is 5.91 Å². The number of amides is 1. The molecule has 0 aliphatic heterocycles. The number of methoxy groups -OCH3 is 1. The van der Waals surface area contributed by atoms with Crippen molar-refractivity contribution in [2.24, 2.45) is 0 Å². The zero-order valence-electron chi connectivity index (χ0n) is 3.52. The third kappa shape index (κ3) is 3.43. The third-order valence-corrected chi connectivity index (χ3v) is 0.275. The van der Waals surface area contributed by atoms with Gasteiger partial charge in [-0.1, -0.05) is 0 Å². The van der Waals surface area contributed by atoms with Gasteiger partial charge in [0.15, 0.2) is 0 Å². The lowest BCUT2D eigenvalue weighted by Gasteiger charge is -1.83. The van der Waals surface area contributed by atoms with Crippen LogP contribution in [0.15, 0.2) is 0 Å². The number of rotatable bonds is 2. The maximum absolute atomic E-state index is 9.59. The zero-order chi connectivity index (χ0) is 4.99. The van der Waals surface area contributed by atoms with Gasteiger partial charge in [-0.05, 0) is 0 Å². The molecule has 1 amide bonds. The first kappa shape index (κ1) is 5.43. The molecule has 6 heavy (non-hydrogen) atoms. The van der Waals surface area contributed by atoms with E-state index in [1.165, 1.54) is 7.11 Å². The third-order valence-electron chi connectivity index (χ3n) is 0.275. The van der Waals surface area contributed by atoms with E-state index in [1.54, 1.807) is 0 Å². The summed E-state index contributed by atoms with van der Waals surface area (Å²) in [6.45, 7) is -0.0972. The van der Waals surface area contributed by atoms with E-state index in [0.717, 1.165) is 0 Å². The van der Waals surface area contributed by atoms with Crippen molar-refractivity contribution < 1.29 is 9.53 Å². The standard InChI is InChI=1S/C3H6NO2/c1-6-2-3(4)5/h4H,2H2,1H3. The maximum Gasteiger partial charge on any atom is 0.264 e. The molecule has 3 heteroatoms. The highest BCUT2D eigenvalue weighted by Crippen LogP contribution is 1.60. The first-order valence-electron chi connectivity index (χ1n) is 1.50. The van der Waals surface area contributed by atoms with Crippen molar-refractivity contribution in [1.29, 1.82) is 0 Å². The molecule has 0 saturated carbocycles. The van der Waals surface area contributed by atoms with Crippen molar-refractivity contribution in [3.8, 4) is 0 Å². The van der Waals surface area contributed by atoms with Crippen LogP contribution < -0.4 is 5.73 Å². The zero-order valence-corrected chi connectivity index (χ0v) is 3.52. The van der Waals surface area contributed by atoms with Crippen molar-refractivity contribution in [1.82, 2.24) is 5.73 Å². The summed E-state index contributed by atoms with van der Waals surface area (Å²) in [6.07, 6.45) is 0. The van der Waals surface area contributed by atoms with Crippen LogP contribution in [0.5, 0.6) is 0 Å². The van der Waals surface area contributed by atoms with E-state index in [0.29, 0.717) is 0 Å². The Bertz CT molecular complexity index is 52.8. The van der Waals surface area contributed by atoms with Crippen molar-refractivity contribution >= 4 is 5.91 Å². The van der Waals surface area contributed by atoms with Crippen molar-refractivity contribution in [2.45, 2.75) is 0 Å². The maximum atomic E-state index is 9.59. The highest BCUT2D eigenvalue weighted by atomic mass is 16.5. The lowest BCUT2D eigenvalue weighted by molar-refractivity contribution is -0.122. The minimum atomic E-state index is -0.683. The van der Waals surface area contributed by atoms with E-state index >= 15 is 0 Å². The molecule has 1 radical (unpaired) electrons. The molecule has 0 aliphatic rings. The highest BCUT2D eigenvalue weighted by Gasteiger charge is 1.86. The minimum Gasteiger partial charge on any atom is -0.375 e. The molecule has 0 atom stereocenters. The molecule has 0 saturated heterocycles. The predicted molar refractivity (Wildman–Crippen MR) is 20.0 cm³/mol. The first-order chi connectivity index (χ1) is 2.77. The summed E-state index contributed by atoms with van der Waals surface area (Å²) >= 11 is 0. The summed E-state index contributed by atoms with van der Waals surface area (Å²) in [4.78, 5) is 9.59. The molecule has 0 aromatic carbocycles. The van der Waals surface area contributed by atoms with Gasteiger partial charge < -0.3 is 4.74 Å². The van der Waals surface area contributed by atoms with Crippen molar-refractivity contribution in [3.63, 3.8) is 0 Å². The molecular formula is C3H6NO2. The number of hydrogen-bond acceptors (Lipinski definition) is 2. The SMILES string of the molecule is COCC([NH])=O. The Labute approximate surface area is 36.1 Å². The monoisotopic (exact) mass is 88.0 g/mol. The van der Waals surface area contributed by atoms with Crippen molar-refractivity contribution in [2.75, 3.05) is 13.7 Å². The Morgan fingerprint density at radius 2 is 2.50 bits per heavy atom. The van der Waals surface area contributed by atoms with Gasteiger partial charge in [-0.3, -0.25) is 10.5 Å². The molecule has 0 aromatic heterocycles. The molecule has 1 N–H and O–H groups in total. The summed E-state index contributed by atoms with van der Waals surface area (Å²) < 4.78 is 4.27. The van der Waals surface area contributed by atoms with E-state index in [4.69, 9.17) is 5.73 Å². The van der Waals surface area contributed by atoms with Crippen molar-refractivity contribution in [3.05, 3.63) is 0 Å². The molecule has 0 spiro atoms. The van der Waals surface area contributed by atoms with Gasteiger partial charge in [0.05, 0.1) is 0 Å². The van der Waals surface area contributed by atoms with Gasteiger partial charge in [-0.25, -0.2) is 0 Å². The number of nitrogens with one attached hydrogen (secondary N) is 1. The molecule has 3 nitrogen and oxygen atoms in total. The van der Waals surface area contributed by atoms with Gasteiger partial charge >= 0.3 is 0 Å². The lowest BCUT2D eigenvalue weighted by atomic mass is 10.7. The largest absolute Gasteiger partial charge is 0.375 e. The van der Waals surface area contributed by atoms with Crippen LogP contribution in [0.4, 0.5) is 0 Å². The molecule has 0 bridgehead atoms. The summed E-state index contributed by atoms with van der Waals surface area (Å²) in [5, 5.41) is 0. The van der Waals surface area contributed by atoms with Crippen LogP contribution >= 0.6 is 0 Å². The Kier molecular flexibility index (Phi) is 2.40. The fourth-order valence-electron chi connectivity index (χ4n) is 0.131. The number of carbonyl (C=O) groups is 1. The number of ether oxygens (including phenoxy) is 1. The van der Waals surface area contributed by atoms with Crippen LogP contribution in [0.1, 0.15) is 0 Å². The lowest BCUT2D eigenvalue weighted by Crippen LogP contribution is -2.05. The number of hydrogen-bond donors (Lipinski definition) is 0. The molecule has 35 valence electrons. The smallest absolute Gasteiger partial charge is 0.264 e. The van der Waals surface area contributed by atoms with Crippen LogP contribution in [-0.4, -0.2) is 19.6 Å². The summed E-state index contributed by atoms with van der Waals surface area (Å²) in [5.74, 6) is -0.683. The Balaban J connectivity index is 2.83. The average Bonchev–Trinajstić information content (AvgIpc) is 1.35. The van der Waals surface area contributed by atoms with E-state index in [9.17, 15) is 4.79 Å². The highest BCUT2D eigenvalue weighted by molar-refractivity contribution is 5.74. The Hall–Kier alpha value is -0.570. The van der Waals surface area contributed by atoms with E-state index in [1.807, 2.05) is 0 Å². The van der Waals surface area contributed by atoms with Crippen LogP contribution in [0.3, 0.4) is 0 Å². The Morgan fingerprint density at radius 1 is 2.00 bits per heavy atom.